The molecule has 1 fully saturated rings. The van der Waals surface area contributed by atoms with Crippen LogP contribution in [0.1, 0.15) is 56.4 Å². The molecule has 20 heavy (non-hydrogen) atoms. The van der Waals surface area contributed by atoms with Crippen molar-refractivity contribution in [1.82, 2.24) is 14.9 Å². The molecule has 1 aromatic heterocycles. The maximum atomic E-state index is 12.7. The molecule has 1 amide bonds. The van der Waals surface area contributed by atoms with Crippen LogP contribution in [0.15, 0.2) is 12.4 Å². The lowest BCUT2D eigenvalue weighted by molar-refractivity contribution is 0.0665. The van der Waals surface area contributed by atoms with E-state index >= 15 is 0 Å². The van der Waals surface area contributed by atoms with E-state index in [2.05, 4.69) is 23.8 Å². The highest BCUT2D eigenvalue weighted by molar-refractivity contribution is 5.92. The number of hydrogen-bond donors (Lipinski definition) is 1. The van der Waals surface area contributed by atoms with Gasteiger partial charge in [0.05, 0.1) is 12.4 Å². The molecule has 1 aromatic rings. The first-order chi connectivity index (χ1) is 9.58. The number of rotatable bonds is 5. The Morgan fingerprint density at radius 3 is 2.70 bits per heavy atom. The number of carbonyl (C=O) groups is 1. The summed E-state index contributed by atoms with van der Waals surface area (Å²) in [6.45, 7) is 5.15. The lowest BCUT2D eigenvalue weighted by Crippen LogP contribution is -2.40. The van der Waals surface area contributed by atoms with Crippen molar-refractivity contribution in [3.63, 3.8) is 0 Å². The van der Waals surface area contributed by atoms with Crippen LogP contribution in [0.25, 0.3) is 0 Å². The van der Waals surface area contributed by atoms with E-state index < -0.39 is 0 Å². The van der Waals surface area contributed by atoms with Gasteiger partial charge in [0.1, 0.15) is 11.5 Å². The Hall–Kier alpha value is -1.65. The highest BCUT2D eigenvalue weighted by atomic mass is 16.2. The molecule has 0 unspecified atom stereocenters. The fourth-order valence-corrected chi connectivity index (χ4v) is 2.69. The van der Waals surface area contributed by atoms with E-state index in [1.165, 1.54) is 25.2 Å². The van der Waals surface area contributed by atoms with Crippen LogP contribution in [-0.2, 0) is 0 Å². The van der Waals surface area contributed by atoms with Crippen molar-refractivity contribution in [1.29, 1.82) is 0 Å². The van der Waals surface area contributed by atoms with Gasteiger partial charge in [0.25, 0.3) is 5.91 Å². The zero-order chi connectivity index (χ0) is 14.5. The molecule has 2 N–H and O–H groups in total. The van der Waals surface area contributed by atoms with Gasteiger partial charge in [-0.1, -0.05) is 26.7 Å². The first-order valence-electron chi connectivity index (χ1n) is 7.46. The van der Waals surface area contributed by atoms with E-state index in [1.54, 1.807) is 0 Å². The first kappa shape index (κ1) is 14.8. The van der Waals surface area contributed by atoms with Crippen molar-refractivity contribution >= 4 is 11.7 Å². The first-order valence-corrected chi connectivity index (χ1v) is 7.46. The number of amides is 1. The molecule has 1 aliphatic rings. The number of nitrogen functional groups attached to an aromatic ring is 1. The van der Waals surface area contributed by atoms with Gasteiger partial charge in [-0.25, -0.2) is 4.98 Å². The van der Waals surface area contributed by atoms with Gasteiger partial charge in [-0.2, -0.15) is 0 Å². The summed E-state index contributed by atoms with van der Waals surface area (Å²) in [5.41, 5.74) is 5.99. The van der Waals surface area contributed by atoms with Crippen LogP contribution in [0, 0.1) is 5.92 Å². The largest absolute Gasteiger partial charge is 0.382 e. The van der Waals surface area contributed by atoms with Gasteiger partial charge in [0.15, 0.2) is 0 Å². The SMILES string of the molecule is CC(C)CCN(C(=O)c1cncc(N)n1)C1CCCC1. The van der Waals surface area contributed by atoms with Gasteiger partial charge in [0, 0.05) is 12.6 Å². The molecular formula is C15H24N4O. The van der Waals surface area contributed by atoms with Crippen molar-refractivity contribution in [2.75, 3.05) is 12.3 Å². The monoisotopic (exact) mass is 276 g/mol. The molecule has 0 atom stereocenters. The summed E-state index contributed by atoms with van der Waals surface area (Å²) in [7, 11) is 0. The summed E-state index contributed by atoms with van der Waals surface area (Å²) >= 11 is 0. The molecule has 5 nitrogen and oxygen atoms in total. The molecule has 2 rings (SSSR count). The zero-order valence-electron chi connectivity index (χ0n) is 12.4. The minimum absolute atomic E-state index is 0.0302. The number of nitrogens with two attached hydrogens (primary N) is 1. The Labute approximate surface area is 120 Å². The summed E-state index contributed by atoms with van der Waals surface area (Å²) in [6, 6.07) is 0.351. The second kappa shape index (κ2) is 6.68. The fourth-order valence-electron chi connectivity index (χ4n) is 2.69. The Morgan fingerprint density at radius 2 is 2.10 bits per heavy atom. The highest BCUT2D eigenvalue weighted by Gasteiger charge is 2.28. The predicted molar refractivity (Wildman–Crippen MR) is 79.2 cm³/mol. The van der Waals surface area contributed by atoms with Crippen LogP contribution in [0.3, 0.4) is 0 Å². The van der Waals surface area contributed by atoms with E-state index in [0.717, 1.165) is 25.8 Å². The van der Waals surface area contributed by atoms with E-state index in [-0.39, 0.29) is 5.91 Å². The standard InChI is InChI=1S/C15H24N4O/c1-11(2)7-8-19(12-5-3-4-6-12)15(20)13-9-17-10-14(16)18-13/h9-12H,3-8H2,1-2H3,(H2,16,18). The van der Waals surface area contributed by atoms with Crippen molar-refractivity contribution in [2.24, 2.45) is 5.92 Å². The van der Waals surface area contributed by atoms with Crippen LogP contribution in [0.5, 0.6) is 0 Å². The lowest BCUT2D eigenvalue weighted by atomic mass is 10.1. The second-order valence-electron chi connectivity index (χ2n) is 5.95. The van der Waals surface area contributed by atoms with Gasteiger partial charge in [0.2, 0.25) is 0 Å². The summed E-state index contributed by atoms with van der Waals surface area (Å²) in [4.78, 5) is 22.7. The molecule has 0 spiro atoms. The molecular weight excluding hydrogens is 252 g/mol. The molecule has 0 saturated heterocycles. The third-order valence-electron chi connectivity index (χ3n) is 3.85. The van der Waals surface area contributed by atoms with Crippen molar-refractivity contribution in [3.05, 3.63) is 18.1 Å². The normalized spacial score (nSPS) is 15.8. The molecule has 0 aliphatic heterocycles. The Morgan fingerprint density at radius 1 is 1.40 bits per heavy atom. The highest BCUT2D eigenvalue weighted by Crippen LogP contribution is 2.25. The fraction of sp³-hybridized carbons (Fsp3) is 0.667. The van der Waals surface area contributed by atoms with Gasteiger partial charge in [-0.15, -0.1) is 0 Å². The number of nitrogens with zero attached hydrogens (tertiary/aromatic N) is 3. The van der Waals surface area contributed by atoms with Crippen LogP contribution in [0.4, 0.5) is 5.82 Å². The quantitative estimate of drug-likeness (QED) is 0.896. The van der Waals surface area contributed by atoms with Gasteiger partial charge in [-0.3, -0.25) is 9.78 Å². The third kappa shape index (κ3) is 3.68. The molecule has 0 aromatic carbocycles. The van der Waals surface area contributed by atoms with E-state index in [9.17, 15) is 4.79 Å². The number of hydrogen-bond acceptors (Lipinski definition) is 4. The summed E-state index contributed by atoms with van der Waals surface area (Å²) in [6.07, 6.45) is 8.59. The van der Waals surface area contributed by atoms with E-state index in [0.29, 0.717) is 23.5 Å². The minimum atomic E-state index is -0.0302. The minimum Gasteiger partial charge on any atom is -0.382 e. The smallest absolute Gasteiger partial charge is 0.274 e. The van der Waals surface area contributed by atoms with Crippen LogP contribution in [0.2, 0.25) is 0 Å². The van der Waals surface area contributed by atoms with Crippen molar-refractivity contribution < 1.29 is 4.79 Å². The third-order valence-corrected chi connectivity index (χ3v) is 3.85. The Balaban J connectivity index is 2.14. The number of carbonyl (C=O) groups excluding carboxylic acids is 1. The maximum absolute atomic E-state index is 12.7. The molecule has 1 heterocycles. The number of anilines is 1. The predicted octanol–water partition coefficient (Wildman–Crippen LogP) is 2.49. The summed E-state index contributed by atoms with van der Waals surface area (Å²) in [5.74, 6) is 0.849. The lowest BCUT2D eigenvalue weighted by Gasteiger charge is -2.29. The average Bonchev–Trinajstić information content (AvgIpc) is 2.92. The van der Waals surface area contributed by atoms with E-state index in [1.807, 2.05) is 4.90 Å². The van der Waals surface area contributed by atoms with Gasteiger partial charge >= 0.3 is 0 Å². The van der Waals surface area contributed by atoms with Crippen molar-refractivity contribution in [3.8, 4) is 0 Å². The van der Waals surface area contributed by atoms with E-state index in [4.69, 9.17) is 5.73 Å². The Kier molecular flexibility index (Phi) is 4.93. The summed E-state index contributed by atoms with van der Waals surface area (Å²) in [5, 5.41) is 0. The molecule has 1 saturated carbocycles. The molecule has 0 bridgehead atoms. The topological polar surface area (TPSA) is 72.1 Å². The average molecular weight is 276 g/mol. The zero-order valence-corrected chi connectivity index (χ0v) is 12.4. The maximum Gasteiger partial charge on any atom is 0.274 e. The molecule has 5 heteroatoms. The number of aromatic nitrogens is 2. The second-order valence-corrected chi connectivity index (χ2v) is 5.95. The van der Waals surface area contributed by atoms with Gasteiger partial charge < -0.3 is 10.6 Å². The van der Waals surface area contributed by atoms with Gasteiger partial charge in [-0.05, 0) is 25.2 Å². The molecule has 0 radical (unpaired) electrons. The Bertz CT molecular complexity index is 455. The molecule has 110 valence electrons. The van der Waals surface area contributed by atoms with Crippen molar-refractivity contribution in [2.45, 2.75) is 52.0 Å². The van der Waals surface area contributed by atoms with Crippen LogP contribution >= 0.6 is 0 Å². The van der Waals surface area contributed by atoms with Crippen LogP contribution in [-0.4, -0.2) is 33.4 Å². The summed E-state index contributed by atoms with van der Waals surface area (Å²) < 4.78 is 0. The molecule has 1 aliphatic carbocycles. The van der Waals surface area contributed by atoms with Crippen LogP contribution < -0.4 is 5.73 Å².